The summed E-state index contributed by atoms with van der Waals surface area (Å²) in [7, 11) is 0. The molecule has 1 N–H and O–H groups in total. The van der Waals surface area contributed by atoms with Crippen LogP contribution in [0.3, 0.4) is 0 Å². The molecule has 0 bridgehead atoms. The van der Waals surface area contributed by atoms with Crippen molar-refractivity contribution in [2.45, 2.75) is 40.7 Å². The molecule has 0 unspecified atom stereocenters. The van der Waals surface area contributed by atoms with E-state index < -0.39 is 0 Å². The third kappa shape index (κ3) is 7.76. The van der Waals surface area contributed by atoms with Gasteiger partial charge in [0.1, 0.15) is 0 Å². The van der Waals surface area contributed by atoms with Crippen LogP contribution in [0.5, 0.6) is 0 Å². The summed E-state index contributed by atoms with van der Waals surface area (Å²) in [5, 5.41) is 3.35. The lowest BCUT2D eigenvalue weighted by molar-refractivity contribution is 0.632. The Morgan fingerprint density at radius 1 is 1.24 bits per heavy atom. The van der Waals surface area contributed by atoms with Gasteiger partial charge in [-0.15, -0.1) is 0 Å². The molecule has 0 rings (SSSR count). The van der Waals surface area contributed by atoms with Crippen LogP contribution < -0.4 is 5.32 Å². The van der Waals surface area contributed by atoms with Crippen molar-refractivity contribution in [2.24, 2.45) is 5.92 Å². The van der Waals surface area contributed by atoms with E-state index in [0.717, 1.165) is 6.54 Å². The maximum Gasteiger partial charge on any atom is 0.0140 e. The fourth-order valence-corrected chi connectivity index (χ4v) is 1.33. The molecule has 0 atom stereocenters. The Morgan fingerprint density at radius 2 is 1.88 bits per heavy atom. The first-order chi connectivity index (χ1) is 7.99. The third-order valence-electron chi connectivity index (χ3n) is 2.47. The van der Waals surface area contributed by atoms with Gasteiger partial charge >= 0.3 is 0 Å². The largest absolute Gasteiger partial charge is 0.311 e. The van der Waals surface area contributed by atoms with Crippen LogP contribution >= 0.6 is 0 Å². The monoisotopic (exact) mass is 233 g/mol. The number of hydrogen-bond acceptors (Lipinski definition) is 1. The van der Waals surface area contributed by atoms with Crippen LogP contribution in [0.2, 0.25) is 0 Å². The molecule has 0 amide bonds. The van der Waals surface area contributed by atoms with Crippen molar-refractivity contribution in [1.82, 2.24) is 5.32 Å². The quantitative estimate of drug-likeness (QED) is 0.648. The van der Waals surface area contributed by atoms with Gasteiger partial charge in [-0.1, -0.05) is 64.7 Å². The molecule has 0 radical (unpaired) electrons. The Balaban J connectivity index is 4.46. The number of nitrogens with one attached hydrogen (secondary N) is 1. The molecule has 0 saturated heterocycles. The molecule has 1 heteroatoms. The van der Waals surface area contributed by atoms with Crippen molar-refractivity contribution in [3.8, 4) is 0 Å². The Morgan fingerprint density at radius 3 is 2.35 bits per heavy atom. The van der Waals surface area contributed by atoms with Crippen molar-refractivity contribution >= 4 is 0 Å². The van der Waals surface area contributed by atoms with Crippen molar-refractivity contribution in [2.75, 3.05) is 6.54 Å². The van der Waals surface area contributed by atoms with Gasteiger partial charge in [0.2, 0.25) is 0 Å². The van der Waals surface area contributed by atoms with Gasteiger partial charge < -0.3 is 5.32 Å². The SMILES string of the molecule is C=C(C(/C=C\C)=C/C=C/CNC(C)C)C(C)C. The molecule has 96 valence electrons. The van der Waals surface area contributed by atoms with E-state index in [9.17, 15) is 0 Å². The van der Waals surface area contributed by atoms with E-state index in [2.05, 4.69) is 70.0 Å². The van der Waals surface area contributed by atoms with Gasteiger partial charge in [0.25, 0.3) is 0 Å². The fourth-order valence-electron chi connectivity index (χ4n) is 1.33. The molecule has 0 aromatic carbocycles. The number of rotatable bonds is 7. The number of allylic oxidation sites excluding steroid dienone is 6. The Kier molecular flexibility index (Phi) is 8.43. The molecule has 0 aliphatic carbocycles. The van der Waals surface area contributed by atoms with Gasteiger partial charge in [0.15, 0.2) is 0 Å². The zero-order valence-corrected chi connectivity index (χ0v) is 12.0. The van der Waals surface area contributed by atoms with Crippen LogP contribution in [-0.2, 0) is 0 Å². The summed E-state index contributed by atoms with van der Waals surface area (Å²) in [5.41, 5.74) is 2.40. The van der Waals surface area contributed by atoms with Gasteiger partial charge in [-0.25, -0.2) is 0 Å². The lowest BCUT2D eigenvalue weighted by Crippen LogP contribution is -2.22. The van der Waals surface area contributed by atoms with E-state index >= 15 is 0 Å². The van der Waals surface area contributed by atoms with E-state index in [-0.39, 0.29) is 0 Å². The van der Waals surface area contributed by atoms with E-state index in [0.29, 0.717) is 12.0 Å². The van der Waals surface area contributed by atoms with Crippen LogP contribution in [0.4, 0.5) is 0 Å². The molecule has 0 fully saturated rings. The van der Waals surface area contributed by atoms with Crippen molar-refractivity contribution in [1.29, 1.82) is 0 Å². The summed E-state index contributed by atoms with van der Waals surface area (Å²) in [4.78, 5) is 0. The molecule has 0 saturated carbocycles. The maximum atomic E-state index is 4.13. The molecule has 0 heterocycles. The summed E-state index contributed by atoms with van der Waals surface area (Å²) >= 11 is 0. The first-order valence-corrected chi connectivity index (χ1v) is 6.41. The predicted molar refractivity (Wildman–Crippen MR) is 79.2 cm³/mol. The first-order valence-electron chi connectivity index (χ1n) is 6.41. The molecule has 0 spiro atoms. The highest BCUT2D eigenvalue weighted by atomic mass is 14.9. The molecular formula is C16H27N. The van der Waals surface area contributed by atoms with Crippen LogP contribution in [0, 0.1) is 5.92 Å². The van der Waals surface area contributed by atoms with Crippen LogP contribution in [0.1, 0.15) is 34.6 Å². The highest BCUT2D eigenvalue weighted by molar-refractivity contribution is 5.41. The van der Waals surface area contributed by atoms with Crippen molar-refractivity contribution in [3.63, 3.8) is 0 Å². The lowest BCUT2D eigenvalue weighted by atomic mass is 9.96. The van der Waals surface area contributed by atoms with E-state index in [1.165, 1.54) is 11.1 Å². The maximum absolute atomic E-state index is 4.13. The average molecular weight is 233 g/mol. The second kappa shape index (κ2) is 9.00. The first kappa shape index (κ1) is 15.9. The highest BCUT2D eigenvalue weighted by Crippen LogP contribution is 2.18. The van der Waals surface area contributed by atoms with Gasteiger partial charge in [-0.2, -0.15) is 0 Å². The van der Waals surface area contributed by atoms with Crippen LogP contribution in [-0.4, -0.2) is 12.6 Å². The summed E-state index contributed by atoms with van der Waals surface area (Å²) in [6, 6.07) is 0.532. The zero-order valence-electron chi connectivity index (χ0n) is 12.0. The normalized spacial score (nSPS) is 13.5. The topological polar surface area (TPSA) is 12.0 Å². The molecule has 0 aromatic heterocycles. The second-order valence-electron chi connectivity index (χ2n) is 4.79. The second-order valence-corrected chi connectivity index (χ2v) is 4.79. The Bertz CT molecular complexity index is 303. The third-order valence-corrected chi connectivity index (χ3v) is 2.47. The molecule has 0 aliphatic heterocycles. The van der Waals surface area contributed by atoms with Gasteiger partial charge in [-0.3, -0.25) is 0 Å². The Labute approximate surface area is 107 Å². The summed E-state index contributed by atoms with van der Waals surface area (Å²) < 4.78 is 0. The van der Waals surface area contributed by atoms with Crippen molar-refractivity contribution in [3.05, 3.63) is 48.1 Å². The zero-order chi connectivity index (χ0) is 13.3. The minimum absolute atomic E-state index is 0.486. The van der Waals surface area contributed by atoms with Crippen molar-refractivity contribution < 1.29 is 0 Å². The van der Waals surface area contributed by atoms with Gasteiger partial charge in [0.05, 0.1) is 0 Å². The van der Waals surface area contributed by atoms with Crippen LogP contribution in [0.15, 0.2) is 48.1 Å². The molecule has 17 heavy (non-hydrogen) atoms. The van der Waals surface area contributed by atoms with E-state index in [1.54, 1.807) is 0 Å². The molecule has 1 nitrogen and oxygen atoms in total. The van der Waals surface area contributed by atoms with E-state index in [1.807, 2.05) is 6.92 Å². The predicted octanol–water partition coefficient (Wildman–Crippen LogP) is 4.26. The van der Waals surface area contributed by atoms with Gasteiger partial charge in [0, 0.05) is 12.6 Å². The fraction of sp³-hybridized carbons (Fsp3) is 0.500. The van der Waals surface area contributed by atoms with Crippen LogP contribution in [0.25, 0.3) is 0 Å². The van der Waals surface area contributed by atoms with Gasteiger partial charge in [-0.05, 0) is 24.0 Å². The lowest BCUT2D eigenvalue weighted by Gasteiger charge is -2.10. The Hall–Kier alpha value is -1.08. The average Bonchev–Trinajstić information content (AvgIpc) is 2.25. The molecule has 0 aliphatic rings. The van der Waals surface area contributed by atoms with E-state index in [4.69, 9.17) is 0 Å². The minimum Gasteiger partial charge on any atom is -0.311 e. The summed E-state index contributed by atoms with van der Waals surface area (Å²) in [6.07, 6.45) is 10.5. The number of hydrogen-bond donors (Lipinski definition) is 1. The molecule has 0 aromatic rings. The standard InChI is InChI=1S/C16H27N/c1-7-10-16(15(6)13(2)3)11-8-9-12-17-14(4)5/h7-11,13-14,17H,6,12H2,1-5H3/b9-8+,10-7-,16-11+. The summed E-state index contributed by atoms with van der Waals surface area (Å²) in [6.45, 7) is 15.7. The summed E-state index contributed by atoms with van der Waals surface area (Å²) in [5.74, 6) is 0.486. The smallest absolute Gasteiger partial charge is 0.0140 e. The minimum atomic E-state index is 0.486. The molecular weight excluding hydrogens is 206 g/mol. The highest BCUT2D eigenvalue weighted by Gasteiger charge is 2.02.